The summed E-state index contributed by atoms with van der Waals surface area (Å²) in [6, 6.07) is 10.6. The third kappa shape index (κ3) is 5.06. The monoisotopic (exact) mass is 422 g/mol. The molecule has 162 valence electrons. The topological polar surface area (TPSA) is 77.1 Å². The zero-order chi connectivity index (χ0) is 22.4. The summed E-state index contributed by atoms with van der Waals surface area (Å²) in [5.41, 5.74) is 1.95. The van der Waals surface area contributed by atoms with Gasteiger partial charge in [0.05, 0.1) is 19.4 Å². The number of nitrogens with zero attached hydrogens (tertiary/aromatic N) is 1. The molecule has 0 radical (unpaired) electrons. The third-order valence-electron chi connectivity index (χ3n) is 4.66. The summed E-state index contributed by atoms with van der Waals surface area (Å²) in [7, 11) is 1.57. The van der Waals surface area contributed by atoms with Crippen molar-refractivity contribution in [2.75, 3.05) is 30.5 Å². The Morgan fingerprint density at radius 2 is 2.06 bits per heavy atom. The van der Waals surface area contributed by atoms with Crippen molar-refractivity contribution >= 4 is 29.3 Å². The second kappa shape index (κ2) is 9.84. The molecule has 2 aromatic carbocycles. The van der Waals surface area contributed by atoms with E-state index in [1.54, 1.807) is 61.4 Å². The molecule has 2 amide bonds. The van der Waals surface area contributed by atoms with Crippen LogP contribution in [-0.2, 0) is 9.59 Å². The molecule has 0 bridgehead atoms. The number of nitrogens with one attached hydrogen (secondary N) is 1. The lowest BCUT2D eigenvalue weighted by Crippen LogP contribution is -2.44. The molecule has 1 atom stereocenters. The quantitative estimate of drug-likeness (QED) is 0.513. The molecule has 1 unspecified atom stereocenters. The van der Waals surface area contributed by atoms with Crippen molar-refractivity contribution in [1.29, 1.82) is 0 Å². The van der Waals surface area contributed by atoms with Crippen molar-refractivity contribution in [3.63, 3.8) is 0 Å². The number of carbonyl (C=O) groups is 2. The molecule has 0 aliphatic carbocycles. The summed E-state index contributed by atoms with van der Waals surface area (Å²) < 4.78 is 16.5. The van der Waals surface area contributed by atoms with Crippen molar-refractivity contribution in [3.8, 4) is 17.2 Å². The molecule has 1 N–H and O–H groups in total. The molecule has 0 saturated heterocycles. The molecule has 2 aromatic rings. The molecule has 1 aliphatic rings. The molecule has 0 saturated carbocycles. The van der Waals surface area contributed by atoms with Gasteiger partial charge in [0.25, 0.3) is 5.91 Å². The van der Waals surface area contributed by atoms with Gasteiger partial charge in [-0.25, -0.2) is 0 Å². The number of carbonyl (C=O) groups excluding carboxylic acids is 2. The lowest BCUT2D eigenvalue weighted by molar-refractivity contribution is -0.125. The van der Waals surface area contributed by atoms with E-state index in [0.29, 0.717) is 41.8 Å². The third-order valence-corrected chi connectivity index (χ3v) is 4.66. The smallest absolute Gasteiger partial charge is 0.268 e. The van der Waals surface area contributed by atoms with E-state index in [4.69, 9.17) is 14.2 Å². The average Bonchev–Trinajstić information content (AvgIpc) is 2.76. The first-order valence-corrected chi connectivity index (χ1v) is 9.99. The van der Waals surface area contributed by atoms with Gasteiger partial charge in [0, 0.05) is 18.3 Å². The van der Waals surface area contributed by atoms with Crippen LogP contribution in [0, 0.1) is 0 Å². The van der Waals surface area contributed by atoms with E-state index < -0.39 is 6.10 Å². The number of methoxy groups -OCH3 is 1. The lowest BCUT2D eigenvalue weighted by Gasteiger charge is -2.32. The van der Waals surface area contributed by atoms with Crippen molar-refractivity contribution in [2.45, 2.75) is 20.0 Å². The average molecular weight is 422 g/mol. The van der Waals surface area contributed by atoms with E-state index in [9.17, 15) is 9.59 Å². The van der Waals surface area contributed by atoms with Gasteiger partial charge in [-0.3, -0.25) is 9.59 Å². The summed E-state index contributed by atoms with van der Waals surface area (Å²) >= 11 is 0. The summed E-state index contributed by atoms with van der Waals surface area (Å²) in [5, 5.41) is 2.81. The van der Waals surface area contributed by atoms with Crippen LogP contribution in [0.5, 0.6) is 17.2 Å². The maximum atomic E-state index is 12.4. The molecule has 0 spiro atoms. The van der Waals surface area contributed by atoms with E-state index in [2.05, 4.69) is 11.9 Å². The van der Waals surface area contributed by atoms with Gasteiger partial charge in [-0.05, 0) is 55.8 Å². The van der Waals surface area contributed by atoms with Crippen molar-refractivity contribution in [3.05, 3.63) is 60.7 Å². The highest BCUT2D eigenvalue weighted by Gasteiger charge is 2.30. The molecule has 1 heterocycles. The SMILES string of the molecule is C=CCN1C(=O)C(C)Oc2ccc(NC(=O)/C=C/c3ccc(OCC)c(OC)c3)cc21. The molecule has 31 heavy (non-hydrogen) atoms. The maximum absolute atomic E-state index is 12.4. The minimum Gasteiger partial charge on any atom is -0.493 e. The van der Waals surface area contributed by atoms with Gasteiger partial charge < -0.3 is 24.4 Å². The second-order valence-corrected chi connectivity index (χ2v) is 6.85. The van der Waals surface area contributed by atoms with E-state index in [1.165, 1.54) is 6.08 Å². The normalized spacial score (nSPS) is 15.3. The van der Waals surface area contributed by atoms with E-state index in [0.717, 1.165) is 5.56 Å². The largest absolute Gasteiger partial charge is 0.493 e. The van der Waals surface area contributed by atoms with E-state index in [1.807, 2.05) is 13.0 Å². The van der Waals surface area contributed by atoms with Crippen LogP contribution in [0.25, 0.3) is 6.08 Å². The Morgan fingerprint density at radius 3 is 2.77 bits per heavy atom. The fourth-order valence-electron chi connectivity index (χ4n) is 3.22. The Labute approximate surface area is 181 Å². The lowest BCUT2D eigenvalue weighted by atomic mass is 10.1. The number of benzene rings is 2. The Bertz CT molecular complexity index is 1020. The molecule has 0 fully saturated rings. The van der Waals surface area contributed by atoms with Gasteiger partial charge in [0.2, 0.25) is 5.91 Å². The number of anilines is 2. The molecule has 7 heteroatoms. The highest BCUT2D eigenvalue weighted by atomic mass is 16.5. The molecule has 1 aliphatic heterocycles. The molecule has 7 nitrogen and oxygen atoms in total. The zero-order valence-electron chi connectivity index (χ0n) is 17.9. The maximum Gasteiger partial charge on any atom is 0.268 e. The zero-order valence-corrected chi connectivity index (χ0v) is 17.9. The van der Waals surface area contributed by atoms with Crippen LogP contribution < -0.4 is 24.4 Å². The fraction of sp³-hybridized carbons (Fsp3) is 0.250. The van der Waals surface area contributed by atoms with Crippen molar-refractivity contribution < 1.29 is 23.8 Å². The molecule has 3 rings (SSSR count). The Hall–Kier alpha value is -3.74. The first kappa shape index (κ1) is 22.0. The first-order valence-electron chi connectivity index (χ1n) is 9.99. The van der Waals surface area contributed by atoms with Gasteiger partial charge in [-0.1, -0.05) is 12.1 Å². The number of hydrogen-bond donors (Lipinski definition) is 1. The van der Waals surface area contributed by atoms with Gasteiger partial charge in [0.1, 0.15) is 5.75 Å². The molecule has 0 aromatic heterocycles. The van der Waals surface area contributed by atoms with Crippen LogP contribution in [0.1, 0.15) is 19.4 Å². The number of hydrogen-bond acceptors (Lipinski definition) is 5. The standard InChI is InChI=1S/C24H26N2O5/c1-5-13-26-19-15-18(9-11-20(19)31-16(3)24(26)28)25-23(27)12-8-17-7-10-21(30-6-2)22(14-17)29-4/h5,7-12,14-16H,1,6,13H2,2-4H3,(H,25,27)/b12-8+. The fourth-order valence-corrected chi connectivity index (χ4v) is 3.22. The molecular weight excluding hydrogens is 396 g/mol. The summed E-state index contributed by atoms with van der Waals surface area (Å²) in [5.74, 6) is 1.37. The molecular formula is C24H26N2O5. The summed E-state index contributed by atoms with van der Waals surface area (Å²) in [6.07, 6.45) is 4.20. The minimum atomic E-state index is -0.568. The van der Waals surface area contributed by atoms with Crippen LogP contribution >= 0.6 is 0 Å². The van der Waals surface area contributed by atoms with Gasteiger partial charge in [0.15, 0.2) is 17.6 Å². The van der Waals surface area contributed by atoms with Crippen LogP contribution in [0.2, 0.25) is 0 Å². The summed E-state index contributed by atoms with van der Waals surface area (Å²) in [4.78, 5) is 26.4. The number of fused-ring (bicyclic) bond motifs is 1. The van der Waals surface area contributed by atoms with Gasteiger partial charge in [-0.15, -0.1) is 6.58 Å². The Morgan fingerprint density at radius 1 is 1.26 bits per heavy atom. The number of amides is 2. The number of rotatable bonds is 8. The van der Waals surface area contributed by atoms with E-state index >= 15 is 0 Å². The Balaban J connectivity index is 1.74. The predicted octanol–water partition coefficient (Wildman–Crippen LogP) is 4.05. The minimum absolute atomic E-state index is 0.153. The Kier molecular flexibility index (Phi) is 6.97. The van der Waals surface area contributed by atoms with Gasteiger partial charge >= 0.3 is 0 Å². The number of ether oxygens (including phenoxy) is 3. The first-order chi connectivity index (χ1) is 15.0. The van der Waals surface area contributed by atoms with Crippen LogP contribution in [0.3, 0.4) is 0 Å². The predicted molar refractivity (Wildman–Crippen MR) is 121 cm³/mol. The van der Waals surface area contributed by atoms with E-state index in [-0.39, 0.29) is 11.8 Å². The van der Waals surface area contributed by atoms with Gasteiger partial charge in [-0.2, -0.15) is 0 Å². The van der Waals surface area contributed by atoms with Crippen LogP contribution in [0.4, 0.5) is 11.4 Å². The van der Waals surface area contributed by atoms with Crippen LogP contribution in [0.15, 0.2) is 55.1 Å². The second-order valence-electron chi connectivity index (χ2n) is 6.85. The highest BCUT2D eigenvalue weighted by molar-refractivity contribution is 6.04. The summed E-state index contributed by atoms with van der Waals surface area (Å²) in [6.45, 7) is 8.21. The van der Waals surface area contributed by atoms with Crippen LogP contribution in [-0.4, -0.2) is 38.2 Å². The van der Waals surface area contributed by atoms with Crippen molar-refractivity contribution in [2.24, 2.45) is 0 Å². The highest BCUT2D eigenvalue weighted by Crippen LogP contribution is 2.36. The van der Waals surface area contributed by atoms with Crippen molar-refractivity contribution in [1.82, 2.24) is 0 Å².